The van der Waals surface area contributed by atoms with Gasteiger partial charge in [-0.2, -0.15) is 0 Å². The van der Waals surface area contributed by atoms with Gasteiger partial charge in [0.2, 0.25) is 5.91 Å². The average Bonchev–Trinajstić information content (AvgIpc) is 3.25. The van der Waals surface area contributed by atoms with Crippen molar-refractivity contribution in [3.05, 3.63) is 89.5 Å². The van der Waals surface area contributed by atoms with E-state index in [4.69, 9.17) is 9.47 Å². The lowest BCUT2D eigenvalue weighted by atomic mass is 9.46. The molecule has 5 aliphatic rings. The number of piperazine rings is 1. The SMILES string of the molecule is CCCCC/C=C\C/C=C\CCCCCCCCOC(=O)c1ccc(COc2ccccc2CN2CCN(C(=O)CNCC(C=O)C34CC5CC(CC(C5)C3)C4)CC2)cc1. The fraction of sp³-hybridized carbons (Fsp3) is 0.635. The van der Waals surface area contributed by atoms with Crippen molar-refractivity contribution in [2.24, 2.45) is 29.1 Å². The van der Waals surface area contributed by atoms with Crippen molar-refractivity contribution >= 4 is 18.2 Å². The van der Waals surface area contributed by atoms with E-state index in [1.54, 1.807) is 0 Å². The van der Waals surface area contributed by atoms with E-state index in [-0.39, 0.29) is 23.2 Å². The summed E-state index contributed by atoms with van der Waals surface area (Å²) in [5.41, 5.74) is 2.84. The van der Waals surface area contributed by atoms with E-state index in [9.17, 15) is 14.4 Å². The quantitative estimate of drug-likeness (QED) is 0.0416. The molecule has 60 heavy (non-hydrogen) atoms. The molecule has 0 spiro atoms. The Balaban J connectivity index is 0.809. The van der Waals surface area contributed by atoms with E-state index in [0.29, 0.717) is 45.0 Å². The highest BCUT2D eigenvalue weighted by molar-refractivity contribution is 5.89. The summed E-state index contributed by atoms with van der Waals surface area (Å²) in [4.78, 5) is 42.5. The van der Waals surface area contributed by atoms with Gasteiger partial charge in [-0.05, 0) is 124 Å². The first-order chi connectivity index (χ1) is 29.4. The van der Waals surface area contributed by atoms with Crippen LogP contribution in [0, 0.1) is 29.1 Å². The molecule has 5 fully saturated rings. The van der Waals surface area contributed by atoms with Crippen LogP contribution in [0.25, 0.3) is 0 Å². The molecule has 7 rings (SSSR count). The molecule has 1 saturated heterocycles. The molecule has 1 amide bonds. The van der Waals surface area contributed by atoms with Crippen molar-refractivity contribution in [2.75, 3.05) is 45.9 Å². The fourth-order valence-corrected chi connectivity index (χ4v) is 10.9. The Bertz CT molecular complexity index is 1630. The van der Waals surface area contributed by atoms with Crippen LogP contribution in [0.5, 0.6) is 5.75 Å². The van der Waals surface area contributed by atoms with Gasteiger partial charge in [0, 0.05) is 50.7 Å². The van der Waals surface area contributed by atoms with Crippen molar-refractivity contribution in [1.29, 1.82) is 0 Å². The van der Waals surface area contributed by atoms with Crippen LogP contribution in [-0.4, -0.2) is 73.8 Å². The van der Waals surface area contributed by atoms with Crippen molar-refractivity contribution in [3.8, 4) is 5.75 Å². The van der Waals surface area contributed by atoms with E-state index in [1.165, 1.54) is 96.2 Å². The molecule has 0 radical (unpaired) electrons. The minimum absolute atomic E-state index is 0.0157. The van der Waals surface area contributed by atoms with E-state index in [0.717, 1.165) is 79.9 Å². The van der Waals surface area contributed by atoms with Gasteiger partial charge in [0.15, 0.2) is 0 Å². The normalized spacial score (nSPS) is 23.1. The molecule has 2 aromatic rings. The second-order valence-electron chi connectivity index (χ2n) is 18.6. The smallest absolute Gasteiger partial charge is 0.338 e. The Labute approximate surface area is 361 Å². The first-order valence-corrected chi connectivity index (χ1v) is 23.9. The van der Waals surface area contributed by atoms with E-state index < -0.39 is 0 Å². The summed E-state index contributed by atoms with van der Waals surface area (Å²) in [6.45, 7) is 7.78. The monoisotopic (exact) mass is 822 g/mol. The number of para-hydroxylation sites is 1. The second-order valence-corrected chi connectivity index (χ2v) is 18.6. The number of hydrogen-bond acceptors (Lipinski definition) is 7. The van der Waals surface area contributed by atoms with Crippen LogP contribution in [0.3, 0.4) is 0 Å². The average molecular weight is 822 g/mol. The number of nitrogens with zero attached hydrogens (tertiary/aromatic N) is 2. The zero-order chi connectivity index (χ0) is 41.8. The van der Waals surface area contributed by atoms with Crippen molar-refractivity contribution in [2.45, 2.75) is 136 Å². The molecule has 328 valence electrons. The highest BCUT2D eigenvalue weighted by Crippen LogP contribution is 2.62. The summed E-state index contributed by atoms with van der Waals surface area (Å²) in [5.74, 6) is 3.16. The lowest BCUT2D eigenvalue weighted by Crippen LogP contribution is -2.53. The summed E-state index contributed by atoms with van der Waals surface area (Å²) in [6, 6.07) is 15.7. The third-order valence-electron chi connectivity index (χ3n) is 13.9. The van der Waals surface area contributed by atoms with Crippen molar-refractivity contribution in [3.63, 3.8) is 0 Å². The molecule has 1 aliphatic heterocycles. The van der Waals surface area contributed by atoms with Crippen LogP contribution in [0.4, 0.5) is 0 Å². The van der Waals surface area contributed by atoms with E-state index >= 15 is 0 Å². The lowest BCUT2D eigenvalue weighted by molar-refractivity contribution is -0.133. The number of ether oxygens (including phenoxy) is 2. The fourth-order valence-electron chi connectivity index (χ4n) is 10.9. The highest BCUT2D eigenvalue weighted by Gasteiger charge is 2.54. The van der Waals surface area contributed by atoms with E-state index in [2.05, 4.69) is 47.5 Å². The first-order valence-electron chi connectivity index (χ1n) is 23.9. The molecule has 8 nitrogen and oxygen atoms in total. The number of hydrogen-bond donors (Lipinski definition) is 1. The number of carbonyl (C=O) groups is 3. The molecular formula is C52H75N3O5. The minimum atomic E-state index is -0.271. The van der Waals surface area contributed by atoms with Crippen LogP contribution < -0.4 is 10.1 Å². The Morgan fingerprint density at radius 3 is 2.08 bits per heavy atom. The number of esters is 1. The van der Waals surface area contributed by atoms with Crippen LogP contribution in [0.1, 0.15) is 144 Å². The Morgan fingerprint density at radius 2 is 1.42 bits per heavy atom. The van der Waals surface area contributed by atoms with Crippen LogP contribution in [0.2, 0.25) is 0 Å². The van der Waals surface area contributed by atoms with Crippen LogP contribution in [-0.2, 0) is 27.5 Å². The zero-order valence-electron chi connectivity index (χ0n) is 36.8. The molecule has 1 atom stereocenters. The number of allylic oxidation sites excluding steroid dienone is 4. The molecule has 1 N–H and O–H groups in total. The number of benzene rings is 2. The first kappa shape index (κ1) is 45.8. The molecular weight excluding hydrogens is 747 g/mol. The van der Waals surface area contributed by atoms with Crippen molar-refractivity contribution in [1.82, 2.24) is 15.1 Å². The summed E-state index contributed by atoms with van der Waals surface area (Å²) in [7, 11) is 0. The maximum absolute atomic E-state index is 13.2. The number of unbranched alkanes of at least 4 members (excludes halogenated alkanes) is 9. The summed E-state index contributed by atoms with van der Waals surface area (Å²) in [5, 5.41) is 3.40. The maximum atomic E-state index is 13.2. The van der Waals surface area contributed by atoms with Crippen LogP contribution in [0.15, 0.2) is 72.8 Å². The Hall–Kier alpha value is -3.75. The second kappa shape index (κ2) is 24.6. The largest absolute Gasteiger partial charge is 0.489 e. The zero-order valence-corrected chi connectivity index (χ0v) is 36.8. The van der Waals surface area contributed by atoms with Gasteiger partial charge in [0.25, 0.3) is 0 Å². The number of rotatable bonds is 27. The third kappa shape index (κ3) is 14.2. The summed E-state index contributed by atoms with van der Waals surface area (Å²) >= 11 is 0. The van der Waals surface area contributed by atoms with Gasteiger partial charge >= 0.3 is 5.97 Å². The Morgan fingerprint density at radius 1 is 0.783 bits per heavy atom. The summed E-state index contributed by atoms with van der Waals surface area (Å²) in [6.07, 6.45) is 32.4. The van der Waals surface area contributed by atoms with Gasteiger partial charge in [-0.3, -0.25) is 9.69 Å². The van der Waals surface area contributed by atoms with Gasteiger partial charge in [-0.1, -0.05) is 100 Å². The predicted molar refractivity (Wildman–Crippen MR) is 242 cm³/mol. The maximum Gasteiger partial charge on any atom is 0.338 e. The molecule has 0 aromatic heterocycles. The number of nitrogens with one attached hydrogen (secondary N) is 1. The van der Waals surface area contributed by atoms with Gasteiger partial charge in [0.05, 0.1) is 18.7 Å². The molecule has 2 aromatic carbocycles. The molecule has 1 unspecified atom stereocenters. The number of amides is 1. The summed E-state index contributed by atoms with van der Waals surface area (Å²) < 4.78 is 11.9. The van der Waals surface area contributed by atoms with Gasteiger partial charge < -0.3 is 24.5 Å². The number of carbonyl (C=O) groups excluding carboxylic acids is 3. The standard InChI is InChI=1S/C52H75N3O5/c1-2-3-4-5-6-7-8-9-10-11-12-13-14-15-16-19-30-59-51(58)46-24-22-42(23-25-46)41-60-49-21-18-17-20-47(49)39-54-26-28-55(29-27-54)50(57)38-53-37-48(40-56)52-34-43-31-44(35-52)33-45(32-43)36-52/h6-7,9-10,17-18,20-25,40,43-45,48,53H,2-5,8,11-16,19,26-39,41H2,1H3/b7-6-,10-9-. The van der Waals surface area contributed by atoms with Gasteiger partial charge in [0.1, 0.15) is 18.6 Å². The molecule has 4 bridgehead atoms. The molecule has 4 aliphatic carbocycles. The molecule has 8 heteroatoms. The number of aldehydes is 1. The Kier molecular flexibility index (Phi) is 18.8. The van der Waals surface area contributed by atoms with Gasteiger partial charge in [-0.25, -0.2) is 4.79 Å². The predicted octanol–water partition coefficient (Wildman–Crippen LogP) is 10.5. The topological polar surface area (TPSA) is 88.2 Å². The lowest BCUT2D eigenvalue weighted by Gasteiger charge is -2.58. The minimum Gasteiger partial charge on any atom is -0.489 e. The highest BCUT2D eigenvalue weighted by atomic mass is 16.5. The van der Waals surface area contributed by atoms with E-state index in [1.807, 2.05) is 47.4 Å². The van der Waals surface area contributed by atoms with Gasteiger partial charge in [-0.15, -0.1) is 0 Å². The molecule has 1 heterocycles. The molecule has 4 saturated carbocycles. The van der Waals surface area contributed by atoms with Crippen molar-refractivity contribution < 1.29 is 23.9 Å². The van der Waals surface area contributed by atoms with Crippen LogP contribution >= 0.6 is 0 Å². The third-order valence-corrected chi connectivity index (χ3v) is 13.9.